The number of hydrogen-bond donors (Lipinski definition) is 1. The standard InChI is InChI=1S/C8H7N4O2S/c1-15(13,14)7-4-2-6(3-5-7)8-9-11-12-10-8/h2-4H,1H3,(H,9,10,11,12). The second-order valence-corrected chi connectivity index (χ2v) is 4.93. The zero-order chi connectivity index (χ0) is 10.9. The predicted octanol–water partition coefficient (Wildman–Crippen LogP) is 0.0704. The van der Waals surface area contributed by atoms with Crippen molar-refractivity contribution in [2.75, 3.05) is 6.26 Å². The smallest absolute Gasteiger partial charge is 0.204 e. The molecular weight excluding hydrogens is 216 g/mol. The number of nitrogens with one attached hydrogen (secondary N) is 1. The van der Waals surface area contributed by atoms with Gasteiger partial charge in [0, 0.05) is 17.9 Å². The Hall–Kier alpha value is -1.76. The van der Waals surface area contributed by atoms with Crippen LogP contribution in [0.3, 0.4) is 0 Å². The number of H-pyrrole nitrogens is 1. The van der Waals surface area contributed by atoms with E-state index in [0.717, 1.165) is 6.26 Å². The molecule has 0 atom stereocenters. The highest BCUT2D eigenvalue weighted by Crippen LogP contribution is 2.15. The van der Waals surface area contributed by atoms with Crippen LogP contribution in [0.25, 0.3) is 11.4 Å². The first-order valence-corrected chi connectivity index (χ1v) is 5.92. The summed E-state index contributed by atoms with van der Waals surface area (Å²) in [7, 11) is -3.21. The molecule has 7 heteroatoms. The lowest BCUT2D eigenvalue weighted by Crippen LogP contribution is -1.96. The van der Waals surface area contributed by atoms with E-state index in [4.69, 9.17) is 0 Å². The molecule has 6 nitrogen and oxygen atoms in total. The summed E-state index contributed by atoms with van der Waals surface area (Å²) in [6.45, 7) is 0. The zero-order valence-corrected chi connectivity index (χ0v) is 8.61. The second kappa shape index (κ2) is 3.43. The van der Waals surface area contributed by atoms with Crippen molar-refractivity contribution in [3.05, 3.63) is 24.3 Å². The van der Waals surface area contributed by atoms with Crippen molar-refractivity contribution in [3.8, 4) is 11.4 Å². The Labute approximate surface area is 86.3 Å². The number of aromatic amines is 1. The van der Waals surface area contributed by atoms with Crippen LogP contribution in [0.15, 0.2) is 23.1 Å². The number of aromatic nitrogens is 4. The van der Waals surface area contributed by atoms with Crippen LogP contribution >= 0.6 is 0 Å². The monoisotopic (exact) mass is 223 g/mol. The van der Waals surface area contributed by atoms with Crippen molar-refractivity contribution in [2.24, 2.45) is 0 Å². The van der Waals surface area contributed by atoms with E-state index in [1.165, 1.54) is 12.1 Å². The first-order chi connectivity index (χ1) is 7.07. The SMILES string of the molecule is CS(=O)(=O)c1[c]cc(-c2nn[nH]n2)cc1. The predicted molar refractivity (Wildman–Crippen MR) is 51.6 cm³/mol. The van der Waals surface area contributed by atoms with Gasteiger partial charge in [-0.3, -0.25) is 0 Å². The van der Waals surface area contributed by atoms with Gasteiger partial charge < -0.3 is 0 Å². The van der Waals surface area contributed by atoms with E-state index in [0.29, 0.717) is 11.4 Å². The Bertz CT molecular complexity index is 545. The van der Waals surface area contributed by atoms with Gasteiger partial charge in [-0.15, -0.1) is 10.2 Å². The van der Waals surface area contributed by atoms with Crippen molar-refractivity contribution in [2.45, 2.75) is 4.90 Å². The van der Waals surface area contributed by atoms with Gasteiger partial charge in [0.25, 0.3) is 0 Å². The highest BCUT2D eigenvalue weighted by atomic mass is 32.2. The van der Waals surface area contributed by atoms with Crippen LogP contribution in [0.4, 0.5) is 0 Å². The van der Waals surface area contributed by atoms with Crippen molar-refractivity contribution in [3.63, 3.8) is 0 Å². The van der Waals surface area contributed by atoms with E-state index in [2.05, 4.69) is 26.7 Å². The molecule has 0 aliphatic rings. The van der Waals surface area contributed by atoms with E-state index < -0.39 is 9.84 Å². The minimum absolute atomic E-state index is 0.148. The van der Waals surface area contributed by atoms with Gasteiger partial charge in [-0.05, 0) is 23.4 Å². The van der Waals surface area contributed by atoms with E-state index >= 15 is 0 Å². The quantitative estimate of drug-likeness (QED) is 0.778. The molecule has 2 rings (SSSR count). The number of hydrogen-bond acceptors (Lipinski definition) is 5. The average molecular weight is 223 g/mol. The molecule has 1 radical (unpaired) electrons. The van der Waals surface area contributed by atoms with Gasteiger partial charge in [-0.2, -0.15) is 5.21 Å². The van der Waals surface area contributed by atoms with Crippen LogP contribution in [0.1, 0.15) is 0 Å². The van der Waals surface area contributed by atoms with E-state index in [1.54, 1.807) is 6.07 Å². The van der Waals surface area contributed by atoms with Crippen LogP contribution in [0, 0.1) is 6.07 Å². The molecule has 0 aliphatic carbocycles. The zero-order valence-electron chi connectivity index (χ0n) is 7.80. The number of benzene rings is 1. The third-order valence-corrected chi connectivity index (χ3v) is 2.84. The van der Waals surface area contributed by atoms with E-state index in [1.807, 2.05) is 0 Å². The van der Waals surface area contributed by atoms with Crippen molar-refractivity contribution >= 4 is 9.84 Å². The number of sulfone groups is 1. The van der Waals surface area contributed by atoms with Crippen LogP contribution in [-0.2, 0) is 9.84 Å². The maximum atomic E-state index is 11.1. The summed E-state index contributed by atoms with van der Waals surface area (Å²) >= 11 is 0. The highest BCUT2D eigenvalue weighted by molar-refractivity contribution is 7.90. The van der Waals surface area contributed by atoms with Gasteiger partial charge in [0.15, 0.2) is 9.84 Å². The molecule has 0 aliphatic heterocycles. The largest absolute Gasteiger partial charge is 0.224 e. The van der Waals surface area contributed by atoms with Gasteiger partial charge >= 0.3 is 0 Å². The molecule has 1 aromatic heterocycles. The normalized spacial score (nSPS) is 11.5. The molecule has 77 valence electrons. The summed E-state index contributed by atoms with van der Waals surface area (Å²) in [5.41, 5.74) is 0.663. The average Bonchev–Trinajstić information content (AvgIpc) is 2.69. The molecule has 1 N–H and O–H groups in total. The van der Waals surface area contributed by atoms with Gasteiger partial charge in [0.2, 0.25) is 5.82 Å². The maximum Gasteiger partial charge on any atom is 0.204 e. The van der Waals surface area contributed by atoms with Crippen LogP contribution in [0.2, 0.25) is 0 Å². The topological polar surface area (TPSA) is 88.6 Å². The Morgan fingerprint density at radius 1 is 1.40 bits per heavy atom. The van der Waals surface area contributed by atoms with Crippen molar-refractivity contribution in [1.29, 1.82) is 0 Å². The summed E-state index contributed by atoms with van der Waals surface area (Å²) in [5.74, 6) is 0.409. The molecular formula is C8H7N4O2S. The minimum Gasteiger partial charge on any atom is -0.224 e. The summed E-state index contributed by atoms with van der Waals surface area (Å²) in [4.78, 5) is 0.148. The summed E-state index contributed by atoms with van der Waals surface area (Å²) < 4.78 is 22.3. The molecule has 0 fully saturated rings. The lowest BCUT2D eigenvalue weighted by molar-refractivity contribution is 0.602. The van der Waals surface area contributed by atoms with E-state index in [9.17, 15) is 8.42 Å². The molecule has 0 bridgehead atoms. The van der Waals surface area contributed by atoms with Crippen LogP contribution < -0.4 is 0 Å². The fraction of sp³-hybridized carbons (Fsp3) is 0.125. The molecule has 2 aromatic rings. The minimum atomic E-state index is -3.21. The Morgan fingerprint density at radius 2 is 2.20 bits per heavy atom. The molecule has 15 heavy (non-hydrogen) atoms. The van der Waals surface area contributed by atoms with Crippen molar-refractivity contribution in [1.82, 2.24) is 20.6 Å². The Balaban J connectivity index is 2.42. The number of rotatable bonds is 2. The molecule has 0 saturated heterocycles. The highest BCUT2D eigenvalue weighted by Gasteiger charge is 2.08. The Morgan fingerprint density at radius 3 is 2.67 bits per heavy atom. The number of nitrogens with zero attached hydrogens (tertiary/aromatic N) is 3. The van der Waals surface area contributed by atoms with Crippen LogP contribution in [-0.4, -0.2) is 35.3 Å². The summed E-state index contributed by atoms with van der Waals surface area (Å²) in [6.07, 6.45) is 1.13. The van der Waals surface area contributed by atoms with Crippen LogP contribution in [0.5, 0.6) is 0 Å². The fourth-order valence-electron chi connectivity index (χ4n) is 1.06. The number of tetrazole rings is 1. The molecule has 0 spiro atoms. The van der Waals surface area contributed by atoms with Gasteiger partial charge in [0.1, 0.15) is 0 Å². The lowest BCUT2D eigenvalue weighted by Gasteiger charge is -1.97. The fourth-order valence-corrected chi connectivity index (χ4v) is 1.65. The molecule has 1 heterocycles. The second-order valence-electron chi connectivity index (χ2n) is 2.95. The molecule has 0 unspecified atom stereocenters. The summed E-state index contributed by atoms with van der Waals surface area (Å²) in [6, 6.07) is 7.24. The third-order valence-electron chi connectivity index (χ3n) is 1.79. The first-order valence-electron chi connectivity index (χ1n) is 4.03. The summed E-state index contributed by atoms with van der Waals surface area (Å²) in [5, 5.41) is 13.2. The van der Waals surface area contributed by atoms with E-state index in [-0.39, 0.29) is 4.90 Å². The van der Waals surface area contributed by atoms with Gasteiger partial charge in [0.05, 0.1) is 4.90 Å². The lowest BCUT2D eigenvalue weighted by atomic mass is 10.2. The molecule has 0 amide bonds. The molecule has 1 aromatic carbocycles. The Kier molecular flexibility index (Phi) is 2.24. The van der Waals surface area contributed by atoms with Gasteiger partial charge in [-0.25, -0.2) is 8.42 Å². The van der Waals surface area contributed by atoms with Gasteiger partial charge in [-0.1, -0.05) is 0 Å². The van der Waals surface area contributed by atoms with Crippen molar-refractivity contribution < 1.29 is 8.42 Å². The maximum absolute atomic E-state index is 11.1. The molecule has 0 saturated carbocycles. The third kappa shape index (κ3) is 2.01. The first kappa shape index (κ1) is 9.78.